The number of hydrogen-bond acceptors (Lipinski definition) is 4. The van der Waals surface area contributed by atoms with Gasteiger partial charge < -0.3 is 10.3 Å². The Morgan fingerprint density at radius 3 is 3.15 bits per heavy atom. The molecule has 13 heavy (non-hydrogen) atoms. The Kier molecular flexibility index (Phi) is 1.64. The van der Waals surface area contributed by atoms with Crippen LogP contribution in [0.5, 0.6) is 0 Å². The summed E-state index contributed by atoms with van der Waals surface area (Å²) in [5.41, 5.74) is 7.07. The summed E-state index contributed by atoms with van der Waals surface area (Å²) in [6, 6.07) is 7.50. The molecule has 0 aliphatic rings. The van der Waals surface area contributed by atoms with Gasteiger partial charge in [-0.3, -0.25) is 0 Å². The van der Waals surface area contributed by atoms with E-state index in [-0.39, 0.29) is 0 Å². The number of nitrogens with two attached hydrogens (primary N) is 1. The SMILES string of the molecule is N#CCc1ccc2c(N)noc2c1. The van der Waals surface area contributed by atoms with Crippen LogP contribution < -0.4 is 5.73 Å². The zero-order chi connectivity index (χ0) is 9.26. The maximum atomic E-state index is 8.48. The van der Waals surface area contributed by atoms with Crippen molar-refractivity contribution < 1.29 is 4.52 Å². The zero-order valence-corrected chi connectivity index (χ0v) is 6.82. The fourth-order valence-electron chi connectivity index (χ4n) is 1.20. The van der Waals surface area contributed by atoms with Crippen LogP contribution in [0.4, 0.5) is 5.82 Å². The normalized spacial score (nSPS) is 10.1. The molecule has 0 unspecified atom stereocenters. The van der Waals surface area contributed by atoms with Crippen LogP contribution in [-0.4, -0.2) is 5.16 Å². The lowest BCUT2D eigenvalue weighted by Gasteiger charge is -1.92. The lowest BCUT2D eigenvalue weighted by Crippen LogP contribution is -1.84. The minimum absolute atomic E-state index is 0.372. The molecule has 0 aliphatic carbocycles. The summed E-state index contributed by atoms with van der Waals surface area (Å²) in [5.74, 6) is 0.388. The van der Waals surface area contributed by atoms with E-state index in [4.69, 9.17) is 15.5 Å². The van der Waals surface area contributed by atoms with E-state index in [2.05, 4.69) is 11.2 Å². The highest BCUT2D eigenvalue weighted by Gasteiger charge is 2.04. The molecule has 0 saturated heterocycles. The third-order valence-electron chi connectivity index (χ3n) is 1.85. The van der Waals surface area contributed by atoms with E-state index in [1.165, 1.54) is 0 Å². The molecule has 1 heterocycles. The molecule has 0 spiro atoms. The molecule has 0 atom stereocenters. The van der Waals surface area contributed by atoms with Crippen LogP contribution in [0.25, 0.3) is 11.0 Å². The first-order valence-electron chi connectivity index (χ1n) is 3.82. The number of fused-ring (bicyclic) bond motifs is 1. The minimum atomic E-state index is 0.372. The van der Waals surface area contributed by atoms with E-state index >= 15 is 0 Å². The summed E-state index contributed by atoms with van der Waals surface area (Å²) >= 11 is 0. The van der Waals surface area contributed by atoms with Crippen LogP contribution in [-0.2, 0) is 6.42 Å². The van der Waals surface area contributed by atoms with Gasteiger partial charge in [-0.25, -0.2) is 0 Å². The molecular weight excluding hydrogens is 166 g/mol. The molecule has 4 nitrogen and oxygen atoms in total. The monoisotopic (exact) mass is 173 g/mol. The van der Waals surface area contributed by atoms with E-state index in [0.717, 1.165) is 10.9 Å². The van der Waals surface area contributed by atoms with Crippen molar-refractivity contribution in [2.75, 3.05) is 5.73 Å². The van der Waals surface area contributed by atoms with E-state index in [1.807, 2.05) is 12.1 Å². The molecule has 2 rings (SSSR count). The number of benzene rings is 1. The van der Waals surface area contributed by atoms with Gasteiger partial charge >= 0.3 is 0 Å². The van der Waals surface area contributed by atoms with Gasteiger partial charge in [0.25, 0.3) is 0 Å². The van der Waals surface area contributed by atoms with Gasteiger partial charge in [0.05, 0.1) is 17.9 Å². The molecule has 1 aromatic carbocycles. The fraction of sp³-hybridized carbons (Fsp3) is 0.111. The molecule has 0 radical (unpaired) electrons. The van der Waals surface area contributed by atoms with Crippen LogP contribution in [0.1, 0.15) is 5.56 Å². The lowest BCUT2D eigenvalue weighted by molar-refractivity contribution is 0.460. The average Bonchev–Trinajstić information content (AvgIpc) is 2.48. The lowest BCUT2D eigenvalue weighted by atomic mass is 10.1. The molecule has 2 N–H and O–H groups in total. The second-order valence-corrected chi connectivity index (χ2v) is 2.73. The van der Waals surface area contributed by atoms with Gasteiger partial charge in [-0.1, -0.05) is 11.2 Å². The van der Waals surface area contributed by atoms with Crippen molar-refractivity contribution in [1.82, 2.24) is 5.16 Å². The molecule has 0 fully saturated rings. The minimum Gasteiger partial charge on any atom is -0.380 e. The van der Waals surface area contributed by atoms with E-state index < -0.39 is 0 Å². The molecule has 0 saturated carbocycles. The predicted octanol–water partition coefficient (Wildman–Crippen LogP) is 1.48. The van der Waals surface area contributed by atoms with Crippen molar-refractivity contribution in [3.63, 3.8) is 0 Å². The van der Waals surface area contributed by atoms with Crippen LogP contribution >= 0.6 is 0 Å². The zero-order valence-electron chi connectivity index (χ0n) is 6.82. The Balaban J connectivity index is 2.58. The summed E-state index contributed by atoms with van der Waals surface area (Å²) in [6.07, 6.45) is 0.372. The molecule has 2 aromatic rings. The Labute approximate surface area is 74.5 Å². The van der Waals surface area contributed by atoms with Crippen molar-refractivity contribution in [2.24, 2.45) is 0 Å². The first-order chi connectivity index (χ1) is 6.31. The van der Waals surface area contributed by atoms with Gasteiger partial charge in [0.1, 0.15) is 0 Å². The number of aromatic nitrogens is 1. The largest absolute Gasteiger partial charge is 0.380 e. The number of anilines is 1. The first kappa shape index (κ1) is 7.62. The second-order valence-electron chi connectivity index (χ2n) is 2.73. The van der Waals surface area contributed by atoms with Crippen molar-refractivity contribution >= 4 is 16.8 Å². The van der Waals surface area contributed by atoms with Crippen LogP contribution in [0.2, 0.25) is 0 Å². The topological polar surface area (TPSA) is 75.8 Å². The van der Waals surface area contributed by atoms with Crippen molar-refractivity contribution in [3.05, 3.63) is 23.8 Å². The molecular formula is C9H7N3O. The van der Waals surface area contributed by atoms with Crippen LogP contribution in [0.15, 0.2) is 22.7 Å². The van der Waals surface area contributed by atoms with Gasteiger partial charge in [0.2, 0.25) is 0 Å². The third kappa shape index (κ3) is 1.20. The number of nitrogens with zero attached hydrogens (tertiary/aromatic N) is 2. The molecule has 64 valence electrons. The average molecular weight is 173 g/mol. The molecule has 0 aliphatic heterocycles. The van der Waals surface area contributed by atoms with E-state index in [0.29, 0.717) is 17.8 Å². The van der Waals surface area contributed by atoms with Gasteiger partial charge in [-0.2, -0.15) is 5.26 Å². The summed E-state index contributed by atoms with van der Waals surface area (Å²) in [5, 5.41) is 12.9. The standard InChI is InChI=1S/C9H7N3O/c10-4-3-6-1-2-7-8(5-6)13-12-9(7)11/h1-2,5H,3H2,(H2,11,12). The van der Waals surface area contributed by atoms with Crippen molar-refractivity contribution in [2.45, 2.75) is 6.42 Å². The van der Waals surface area contributed by atoms with Gasteiger partial charge in [-0.05, 0) is 17.7 Å². The molecule has 4 heteroatoms. The fourth-order valence-corrected chi connectivity index (χ4v) is 1.20. The summed E-state index contributed by atoms with van der Waals surface area (Å²) < 4.78 is 4.95. The third-order valence-corrected chi connectivity index (χ3v) is 1.85. The van der Waals surface area contributed by atoms with Crippen LogP contribution in [0, 0.1) is 11.3 Å². The number of hydrogen-bond donors (Lipinski definition) is 1. The maximum absolute atomic E-state index is 8.48. The van der Waals surface area contributed by atoms with Crippen LogP contribution in [0.3, 0.4) is 0 Å². The Morgan fingerprint density at radius 2 is 2.38 bits per heavy atom. The number of nitriles is 1. The summed E-state index contributed by atoms with van der Waals surface area (Å²) in [6.45, 7) is 0. The summed E-state index contributed by atoms with van der Waals surface area (Å²) in [7, 11) is 0. The highest BCUT2D eigenvalue weighted by atomic mass is 16.5. The van der Waals surface area contributed by atoms with Gasteiger partial charge in [0, 0.05) is 0 Å². The first-order valence-corrected chi connectivity index (χ1v) is 3.82. The molecule has 0 bridgehead atoms. The number of nitrogen functional groups attached to an aromatic ring is 1. The predicted molar refractivity (Wildman–Crippen MR) is 47.7 cm³/mol. The summed E-state index contributed by atoms with van der Waals surface area (Å²) in [4.78, 5) is 0. The van der Waals surface area contributed by atoms with Gasteiger partial charge in [-0.15, -0.1) is 0 Å². The van der Waals surface area contributed by atoms with Crippen molar-refractivity contribution in [3.8, 4) is 6.07 Å². The van der Waals surface area contributed by atoms with Gasteiger partial charge in [0.15, 0.2) is 11.4 Å². The van der Waals surface area contributed by atoms with Crippen molar-refractivity contribution in [1.29, 1.82) is 5.26 Å². The Bertz CT molecular complexity index is 481. The molecule has 0 amide bonds. The highest BCUT2D eigenvalue weighted by Crippen LogP contribution is 2.21. The van der Waals surface area contributed by atoms with E-state index in [1.54, 1.807) is 6.07 Å². The maximum Gasteiger partial charge on any atom is 0.174 e. The highest BCUT2D eigenvalue weighted by molar-refractivity contribution is 5.87. The smallest absolute Gasteiger partial charge is 0.174 e. The Hall–Kier alpha value is -2.02. The molecule has 1 aromatic heterocycles. The van der Waals surface area contributed by atoms with E-state index in [9.17, 15) is 0 Å². The number of rotatable bonds is 1. The Morgan fingerprint density at radius 1 is 1.54 bits per heavy atom. The second kappa shape index (κ2) is 2.79. The quantitative estimate of drug-likeness (QED) is 0.708.